The number of ether oxygens (including phenoxy) is 2. The Morgan fingerprint density at radius 2 is 2.25 bits per heavy atom. The number of aromatic nitrogens is 1. The van der Waals surface area contributed by atoms with Crippen LogP contribution in [0.4, 0.5) is 11.5 Å². The fraction of sp³-hybridized carbons (Fsp3) is 0.643. The normalized spacial score (nSPS) is 20.0. The molecule has 2 rings (SSSR count). The van der Waals surface area contributed by atoms with Crippen LogP contribution in [0.5, 0.6) is 5.88 Å². The lowest BCUT2D eigenvalue weighted by atomic mass is 10.2. The van der Waals surface area contributed by atoms with Crippen LogP contribution in [0.3, 0.4) is 0 Å². The minimum absolute atomic E-state index is 0.0107. The largest absolute Gasteiger partial charge is 0.470 e. The zero-order valence-electron chi connectivity index (χ0n) is 12.3. The molecule has 1 unspecified atom stereocenters. The summed E-state index contributed by atoms with van der Waals surface area (Å²) in [6.07, 6.45) is -0.171. The van der Waals surface area contributed by atoms with Crippen molar-refractivity contribution in [1.29, 1.82) is 0 Å². The lowest BCUT2D eigenvalue weighted by Gasteiger charge is -2.33. The minimum Gasteiger partial charge on any atom is -0.470 e. The van der Waals surface area contributed by atoms with Crippen LogP contribution in [0.25, 0.3) is 0 Å². The summed E-state index contributed by atoms with van der Waals surface area (Å²) in [6.45, 7) is 7.81. The Hall–Kier alpha value is -1.53. The molecular formula is C14H23N3O3. The number of hydrogen-bond donors (Lipinski definition) is 2. The summed E-state index contributed by atoms with van der Waals surface area (Å²) < 4.78 is 11.2. The molecule has 0 spiro atoms. The first kappa shape index (κ1) is 14.9. The van der Waals surface area contributed by atoms with Crippen LogP contribution in [0.15, 0.2) is 12.1 Å². The van der Waals surface area contributed by atoms with Crippen molar-refractivity contribution in [1.82, 2.24) is 4.98 Å². The predicted molar refractivity (Wildman–Crippen MR) is 78.1 cm³/mol. The summed E-state index contributed by atoms with van der Waals surface area (Å²) in [7, 11) is 0. The zero-order valence-corrected chi connectivity index (χ0v) is 12.3. The molecule has 1 atom stereocenters. The van der Waals surface area contributed by atoms with E-state index in [1.165, 1.54) is 0 Å². The molecule has 0 amide bonds. The number of nitrogens with zero attached hydrogens (tertiary/aromatic N) is 2. The molecule has 0 bridgehead atoms. The van der Waals surface area contributed by atoms with E-state index in [9.17, 15) is 5.11 Å². The van der Waals surface area contributed by atoms with Gasteiger partial charge in [0.15, 0.2) is 0 Å². The Kier molecular flexibility index (Phi) is 4.35. The molecule has 2 heterocycles. The number of anilines is 2. The van der Waals surface area contributed by atoms with Crippen LogP contribution in [0, 0.1) is 0 Å². The summed E-state index contributed by atoms with van der Waals surface area (Å²) >= 11 is 0. The highest BCUT2D eigenvalue weighted by molar-refractivity contribution is 5.55. The Balaban J connectivity index is 2.18. The molecule has 6 nitrogen and oxygen atoms in total. The summed E-state index contributed by atoms with van der Waals surface area (Å²) in [5.41, 5.74) is 6.08. The topological polar surface area (TPSA) is 80.8 Å². The van der Waals surface area contributed by atoms with Crippen molar-refractivity contribution >= 4 is 11.5 Å². The molecule has 20 heavy (non-hydrogen) atoms. The maximum absolute atomic E-state index is 9.19. The van der Waals surface area contributed by atoms with Gasteiger partial charge < -0.3 is 25.2 Å². The highest BCUT2D eigenvalue weighted by Crippen LogP contribution is 2.27. The number of aliphatic hydroxyl groups excluding tert-OH is 1. The average molecular weight is 281 g/mol. The van der Waals surface area contributed by atoms with Gasteiger partial charge in [0.25, 0.3) is 0 Å². The third-order valence-electron chi connectivity index (χ3n) is 2.94. The van der Waals surface area contributed by atoms with Crippen LogP contribution in [0.1, 0.15) is 20.8 Å². The summed E-state index contributed by atoms with van der Waals surface area (Å²) in [5.74, 6) is 1.24. The van der Waals surface area contributed by atoms with Crippen molar-refractivity contribution in [3.63, 3.8) is 0 Å². The lowest BCUT2D eigenvalue weighted by molar-refractivity contribution is 0.00330. The molecule has 0 aromatic carbocycles. The third kappa shape index (κ3) is 3.74. The van der Waals surface area contributed by atoms with Crippen LogP contribution >= 0.6 is 0 Å². The van der Waals surface area contributed by atoms with E-state index >= 15 is 0 Å². The highest BCUT2D eigenvalue weighted by Gasteiger charge is 2.22. The van der Waals surface area contributed by atoms with E-state index in [4.69, 9.17) is 15.2 Å². The van der Waals surface area contributed by atoms with Gasteiger partial charge in [0.1, 0.15) is 11.4 Å². The molecule has 1 aliphatic rings. The maximum Gasteiger partial charge on any atom is 0.239 e. The quantitative estimate of drug-likeness (QED) is 0.861. The SMILES string of the molecule is CC(C)(C)Oc1nc(N2CCOC(CO)C2)ccc1N. The summed E-state index contributed by atoms with van der Waals surface area (Å²) in [4.78, 5) is 6.56. The molecular weight excluding hydrogens is 258 g/mol. The van der Waals surface area contributed by atoms with Gasteiger partial charge in [-0.1, -0.05) is 0 Å². The second-order valence-corrected chi connectivity index (χ2v) is 5.90. The van der Waals surface area contributed by atoms with Gasteiger partial charge in [-0.3, -0.25) is 0 Å². The van der Waals surface area contributed by atoms with E-state index in [0.717, 1.165) is 12.4 Å². The van der Waals surface area contributed by atoms with Crippen molar-refractivity contribution in [2.45, 2.75) is 32.5 Å². The van der Waals surface area contributed by atoms with Crippen molar-refractivity contribution in [3.05, 3.63) is 12.1 Å². The Bertz CT molecular complexity index is 459. The number of rotatable bonds is 3. The van der Waals surface area contributed by atoms with Crippen LogP contribution in [0.2, 0.25) is 0 Å². The van der Waals surface area contributed by atoms with E-state index in [1.807, 2.05) is 26.8 Å². The minimum atomic E-state index is -0.349. The van der Waals surface area contributed by atoms with Gasteiger partial charge in [-0.25, -0.2) is 0 Å². The van der Waals surface area contributed by atoms with Crippen molar-refractivity contribution in [2.24, 2.45) is 0 Å². The monoisotopic (exact) mass is 281 g/mol. The first-order chi connectivity index (χ1) is 9.39. The number of morpholine rings is 1. The first-order valence-corrected chi connectivity index (χ1v) is 6.82. The number of aliphatic hydroxyl groups is 1. The molecule has 1 aromatic rings. The van der Waals surface area contributed by atoms with Gasteiger partial charge >= 0.3 is 0 Å². The molecule has 1 fully saturated rings. The molecule has 3 N–H and O–H groups in total. The number of nitrogen functional groups attached to an aromatic ring is 1. The highest BCUT2D eigenvalue weighted by atomic mass is 16.5. The van der Waals surface area contributed by atoms with Gasteiger partial charge in [-0.2, -0.15) is 4.98 Å². The second kappa shape index (κ2) is 5.85. The number of nitrogens with two attached hydrogens (primary N) is 1. The lowest BCUT2D eigenvalue weighted by Crippen LogP contribution is -2.44. The van der Waals surface area contributed by atoms with E-state index in [-0.39, 0.29) is 18.3 Å². The fourth-order valence-corrected chi connectivity index (χ4v) is 2.03. The maximum atomic E-state index is 9.19. The van der Waals surface area contributed by atoms with E-state index in [2.05, 4.69) is 9.88 Å². The Labute approximate surface area is 119 Å². The smallest absolute Gasteiger partial charge is 0.239 e. The van der Waals surface area contributed by atoms with Gasteiger partial charge in [0.2, 0.25) is 5.88 Å². The standard InChI is InChI=1S/C14H23N3O3/c1-14(2,3)20-13-11(15)4-5-12(16-13)17-6-7-19-10(8-17)9-18/h4-5,10,18H,6-9,15H2,1-3H3. The molecule has 112 valence electrons. The predicted octanol–water partition coefficient (Wildman–Crippen LogP) is 1.04. The number of pyridine rings is 1. The first-order valence-electron chi connectivity index (χ1n) is 6.82. The molecule has 1 saturated heterocycles. The summed E-state index contributed by atoms with van der Waals surface area (Å²) in [6, 6.07) is 3.66. The van der Waals surface area contributed by atoms with Crippen molar-refractivity contribution < 1.29 is 14.6 Å². The molecule has 1 aliphatic heterocycles. The zero-order chi connectivity index (χ0) is 14.8. The van der Waals surface area contributed by atoms with Crippen LogP contribution in [-0.2, 0) is 4.74 Å². The summed E-state index contributed by atoms with van der Waals surface area (Å²) in [5, 5.41) is 9.19. The molecule has 0 aliphatic carbocycles. The fourth-order valence-electron chi connectivity index (χ4n) is 2.03. The van der Waals surface area contributed by atoms with E-state index in [0.29, 0.717) is 24.7 Å². The van der Waals surface area contributed by atoms with E-state index < -0.39 is 0 Å². The molecule has 0 radical (unpaired) electrons. The van der Waals surface area contributed by atoms with Crippen molar-refractivity contribution in [3.8, 4) is 5.88 Å². The van der Waals surface area contributed by atoms with Crippen molar-refractivity contribution in [2.75, 3.05) is 36.9 Å². The van der Waals surface area contributed by atoms with Crippen LogP contribution < -0.4 is 15.4 Å². The molecule has 0 saturated carbocycles. The van der Waals surface area contributed by atoms with Gasteiger partial charge in [0.05, 0.1) is 25.0 Å². The second-order valence-electron chi connectivity index (χ2n) is 5.90. The number of hydrogen-bond acceptors (Lipinski definition) is 6. The Morgan fingerprint density at radius 3 is 2.90 bits per heavy atom. The Morgan fingerprint density at radius 1 is 1.50 bits per heavy atom. The average Bonchev–Trinajstić information content (AvgIpc) is 2.40. The van der Waals surface area contributed by atoms with E-state index in [1.54, 1.807) is 6.07 Å². The third-order valence-corrected chi connectivity index (χ3v) is 2.94. The molecule has 1 aromatic heterocycles. The molecule has 6 heteroatoms. The van der Waals surface area contributed by atoms with Gasteiger partial charge in [0, 0.05) is 13.1 Å². The van der Waals surface area contributed by atoms with Crippen LogP contribution in [-0.4, -0.2) is 48.1 Å². The van der Waals surface area contributed by atoms with Gasteiger partial charge in [-0.15, -0.1) is 0 Å². The van der Waals surface area contributed by atoms with Gasteiger partial charge in [-0.05, 0) is 32.9 Å².